The predicted molar refractivity (Wildman–Crippen MR) is 72.8 cm³/mol. The third-order valence-corrected chi connectivity index (χ3v) is 3.57. The summed E-state index contributed by atoms with van der Waals surface area (Å²) in [6, 6.07) is 7.90. The summed E-state index contributed by atoms with van der Waals surface area (Å²) in [6.45, 7) is 2.96. The summed E-state index contributed by atoms with van der Waals surface area (Å²) >= 11 is 0. The lowest BCUT2D eigenvalue weighted by Crippen LogP contribution is -2.36. The van der Waals surface area contributed by atoms with Crippen molar-refractivity contribution in [2.45, 2.75) is 25.5 Å². The van der Waals surface area contributed by atoms with E-state index >= 15 is 0 Å². The van der Waals surface area contributed by atoms with Crippen LogP contribution in [0.1, 0.15) is 24.0 Å². The minimum atomic E-state index is 0.150. The SMILES string of the molecule is COC1CCN(Cc2ccccc2C(=N)N)CC1. The lowest BCUT2D eigenvalue weighted by molar-refractivity contribution is 0.0388. The van der Waals surface area contributed by atoms with E-state index in [0.29, 0.717) is 6.10 Å². The standard InChI is InChI=1S/C14H21N3O/c1-18-12-6-8-17(9-7-12)10-11-4-2-3-5-13(11)14(15)16/h2-5,12H,6-10H2,1H3,(H3,15,16). The number of likely N-dealkylation sites (tertiary alicyclic amines) is 1. The second kappa shape index (κ2) is 5.98. The van der Waals surface area contributed by atoms with Crippen LogP contribution in [0.25, 0.3) is 0 Å². The van der Waals surface area contributed by atoms with Crippen LogP contribution in [0, 0.1) is 5.41 Å². The van der Waals surface area contributed by atoms with E-state index in [2.05, 4.69) is 11.0 Å². The van der Waals surface area contributed by atoms with E-state index in [0.717, 1.165) is 43.6 Å². The monoisotopic (exact) mass is 247 g/mol. The van der Waals surface area contributed by atoms with Crippen molar-refractivity contribution in [3.8, 4) is 0 Å². The largest absolute Gasteiger partial charge is 0.384 e. The highest BCUT2D eigenvalue weighted by atomic mass is 16.5. The molecule has 0 amide bonds. The lowest BCUT2D eigenvalue weighted by Gasteiger charge is -2.31. The topological polar surface area (TPSA) is 62.3 Å². The summed E-state index contributed by atoms with van der Waals surface area (Å²) < 4.78 is 5.37. The number of piperidine rings is 1. The summed E-state index contributed by atoms with van der Waals surface area (Å²) in [5, 5.41) is 7.59. The van der Waals surface area contributed by atoms with Crippen LogP contribution in [-0.4, -0.2) is 37.0 Å². The molecule has 0 bridgehead atoms. The van der Waals surface area contributed by atoms with E-state index in [9.17, 15) is 0 Å². The van der Waals surface area contributed by atoms with Gasteiger partial charge in [0, 0.05) is 32.3 Å². The van der Waals surface area contributed by atoms with Gasteiger partial charge >= 0.3 is 0 Å². The first-order chi connectivity index (χ1) is 8.70. The molecule has 0 aromatic heterocycles. The van der Waals surface area contributed by atoms with Gasteiger partial charge in [-0.05, 0) is 18.4 Å². The quantitative estimate of drug-likeness (QED) is 0.627. The van der Waals surface area contributed by atoms with Gasteiger partial charge < -0.3 is 10.5 Å². The number of ether oxygens (including phenoxy) is 1. The fraction of sp³-hybridized carbons (Fsp3) is 0.500. The Labute approximate surface area is 108 Å². The van der Waals surface area contributed by atoms with Gasteiger partial charge in [-0.3, -0.25) is 10.3 Å². The van der Waals surface area contributed by atoms with Gasteiger partial charge in [-0.25, -0.2) is 0 Å². The van der Waals surface area contributed by atoms with Gasteiger partial charge in [-0.15, -0.1) is 0 Å². The zero-order valence-corrected chi connectivity index (χ0v) is 10.9. The van der Waals surface area contributed by atoms with Crippen molar-refractivity contribution < 1.29 is 4.74 Å². The number of hydrogen-bond donors (Lipinski definition) is 2. The van der Waals surface area contributed by atoms with Gasteiger partial charge in [-0.2, -0.15) is 0 Å². The number of nitrogens with zero attached hydrogens (tertiary/aromatic N) is 1. The third-order valence-electron chi connectivity index (χ3n) is 3.57. The first-order valence-corrected chi connectivity index (χ1v) is 6.38. The number of nitrogen functional groups attached to an aromatic ring is 1. The van der Waals surface area contributed by atoms with Crippen LogP contribution in [0.4, 0.5) is 0 Å². The molecule has 1 aromatic carbocycles. The molecular weight excluding hydrogens is 226 g/mol. The fourth-order valence-electron chi connectivity index (χ4n) is 2.46. The van der Waals surface area contributed by atoms with Crippen molar-refractivity contribution in [2.24, 2.45) is 5.73 Å². The maximum Gasteiger partial charge on any atom is 0.123 e. The summed E-state index contributed by atoms with van der Waals surface area (Å²) in [5.74, 6) is 0.150. The van der Waals surface area contributed by atoms with Gasteiger partial charge in [0.2, 0.25) is 0 Å². The molecule has 1 aliphatic heterocycles. The maximum absolute atomic E-state index is 7.59. The molecule has 1 saturated heterocycles. The molecule has 1 aromatic rings. The number of nitrogens with one attached hydrogen (secondary N) is 1. The number of amidine groups is 1. The molecule has 0 radical (unpaired) electrons. The molecule has 0 spiro atoms. The Bertz CT molecular complexity index is 411. The lowest BCUT2D eigenvalue weighted by atomic mass is 10.0. The average Bonchev–Trinajstić information content (AvgIpc) is 2.40. The van der Waals surface area contributed by atoms with Crippen LogP contribution in [0.3, 0.4) is 0 Å². The Morgan fingerprint density at radius 3 is 2.67 bits per heavy atom. The molecular formula is C14H21N3O. The average molecular weight is 247 g/mol. The number of rotatable bonds is 4. The van der Waals surface area contributed by atoms with E-state index in [1.54, 1.807) is 7.11 Å². The summed E-state index contributed by atoms with van der Waals surface area (Å²) in [7, 11) is 1.78. The van der Waals surface area contributed by atoms with Gasteiger partial charge in [0.05, 0.1) is 6.10 Å². The smallest absolute Gasteiger partial charge is 0.123 e. The van der Waals surface area contributed by atoms with Crippen molar-refractivity contribution >= 4 is 5.84 Å². The van der Waals surface area contributed by atoms with Gasteiger partial charge in [0.25, 0.3) is 0 Å². The second-order valence-electron chi connectivity index (χ2n) is 4.78. The molecule has 98 valence electrons. The van der Waals surface area contributed by atoms with Crippen molar-refractivity contribution in [1.82, 2.24) is 4.90 Å². The Balaban J connectivity index is 2.00. The highest BCUT2D eigenvalue weighted by Gasteiger charge is 2.19. The molecule has 1 heterocycles. The molecule has 3 N–H and O–H groups in total. The molecule has 0 unspecified atom stereocenters. The van der Waals surface area contributed by atoms with Crippen molar-refractivity contribution in [3.05, 3.63) is 35.4 Å². The molecule has 0 atom stereocenters. The summed E-state index contributed by atoms with van der Waals surface area (Å²) in [5.41, 5.74) is 7.60. The number of nitrogens with two attached hydrogens (primary N) is 1. The minimum absolute atomic E-state index is 0.150. The number of hydrogen-bond acceptors (Lipinski definition) is 3. The van der Waals surface area contributed by atoms with Crippen LogP contribution < -0.4 is 5.73 Å². The Morgan fingerprint density at radius 1 is 1.39 bits per heavy atom. The molecule has 1 fully saturated rings. The Kier molecular flexibility index (Phi) is 4.33. The van der Waals surface area contributed by atoms with E-state index in [1.165, 1.54) is 0 Å². The number of benzene rings is 1. The highest BCUT2D eigenvalue weighted by molar-refractivity contribution is 5.96. The van der Waals surface area contributed by atoms with Gasteiger partial charge in [0.1, 0.15) is 5.84 Å². The Hall–Kier alpha value is -1.39. The van der Waals surface area contributed by atoms with E-state index in [-0.39, 0.29) is 5.84 Å². The highest BCUT2D eigenvalue weighted by Crippen LogP contribution is 2.17. The third kappa shape index (κ3) is 3.09. The Morgan fingerprint density at radius 2 is 2.06 bits per heavy atom. The molecule has 2 rings (SSSR count). The van der Waals surface area contributed by atoms with Crippen molar-refractivity contribution in [1.29, 1.82) is 5.41 Å². The maximum atomic E-state index is 7.59. The summed E-state index contributed by atoms with van der Waals surface area (Å²) in [6.07, 6.45) is 2.57. The van der Waals surface area contributed by atoms with Gasteiger partial charge in [-0.1, -0.05) is 24.3 Å². The zero-order valence-electron chi connectivity index (χ0n) is 10.9. The molecule has 18 heavy (non-hydrogen) atoms. The van der Waals surface area contributed by atoms with Crippen LogP contribution in [0.15, 0.2) is 24.3 Å². The summed E-state index contributed by atoms with van der Waals surface area (Å²) in [4.78, 5) is 2.40. The normalized spacial score (nSPS) is 17.8. The zero-order chi connectivity index (χ0) is 13.0. The first kappa shape index (κ1) is 13.1. The van der Waals surface area contributed by atoms with Crippen LogP contribution in [0.2, 0.25) is 0 Å². The van der Waals surface area contributed by atoms with E-state index in [4.69, 9.17) is 15.9 Å². The van der Waals surface area contributed by atoms with E-state index < -0.39 is 0 Å². The van der Waals surface area contributed by atoms with Crippen LogP contribution >= 0.6 is 0 Å². The molecule has 0 aliphatic carbocycles. The second-order valence-corrected chi connectivity index (χ2v) is 4.78. The first-order valence-electron chi connectivity index (χ1n) is 6.38. The fourth-order valence-corrected chi connectivity index (χ4v) is 2.46. The van der Waals surface area contributed by atoms with Gasteiger partial charge in [0.15, 0.2) is 0 Å². The number of methoxy groups -OCH3 is 1. The molecule has 0 saturated carbocycles. The van der Waals surface area contributed by atoms with Crippen LogP contribution in [0.5, 0.6) is 0 Å². The van der Waals surface area contributed by atoms with E-state index in [1.807, 2.05) is 18.2 Å². The predicted octanol–water partition coefficient (Wildman–Crippen LogP) is 1.58. The molecule has 4 nitrogen and oxygen atoms in total. The molecule has 1 aliphatic rings. The van der Waals surface area contributed by atoms with Crippen LogP contribution in [-0.2, 0) is 11.3 Å². The van der Waals surface area contributed by atoms with Crippen molar-refractivity contribution in [3.63, 3.8) is 0 Å². The molecule has 4 heteroatoms. The minimum Gasteiger partial charge on any atom is -0.384 e. The van der Waals surface area contributed by atoms with Crippen molar-refractivity contribution in [2.75, 3.05) is 20.2 Å².